The van der Waals surface area contributed by atoms with E-state index in [1.54, 1.807) is 7.11 Å². The molecule has 0 aliphatic carbocycles. The summed E-state index contributed by atoms with van der Waals surface area (Å²) in [5, 5.41) is 7.91. The van der Waals surface area contributed by atoms with E-state index in [9.17, 15) is 0 Å². The number of aromatic nitrogens is 2. The largest absolute Gasteiger partial charge is 0.377 e. The van der Waals surface area contributed by atoms with E-state index in [0.717, 1.165) is 44.5 Å². The lowest BCUT2D eigenvalue weighted by atomic mass is 9.96. The van der Waals surface area contributed by atoms with Gasteiger partial charge in [0.25, 0.3) is 0 Å². The first-order valence-electron chi connectivity index (χ1n) is 8.10. The highest BCUT2D eigenvalue weighted by molar-refractivity contribution is 5.34. The van der Waals surface area contributed by atoms with Crippen molar-refractivity contribution in [2.45, 2.75) is 31.8 Å². The smallest absolute Gasteiger partial charge is 0.0825 e. The average Bonchev–Trinajstić information content (AvgIpc) is 2.81. The molecule has 0 saturated carbocycles. The van der Waals surface area contributed by atoms with Crippen LogP contribution < -0.4 is 5.32 Å². The Hall–Kier alpha value is -1.65. The molecule has 0 fully saturated rings. The number of fused-ring (bicyclic) bond motifs is 1. The molecule has 1 atom stereocenters. The topological polar surface area (TPSA) is 39.1 Å². The van der Waals surface area contributed by atoms with Crippen LogP contribution in [0.5, 0.6) is 0 Å². The van der Waals surface area contributed by atoms with Crippen molar-refractivity contribution in [2.75, 3.05) is 20.2 Å². The predicted octanol–water partition coefficient (Wildman–Crippen LogP) is 2.43. The molecule has 0 radical (unpaired) electrons. The highest BCUT2D eigenvalue weighted by Gasteiger charge is 2.15. The summed E-state index contributed by atoms with van der Waals surface area (Å²) >= 11 is 0. The maximum absolute atomic E-state index is 5.74. The lowest BCUT2D eigenvalue weighted by molar-refractivity contribution is 0.0956. The van der Waals surface area contributed by atoms with Crippen molar-refractivity contribution in [3.63, 3.8) is 0 Å². The van der Waals surface area contributed by atoms with Crippen LogP contribution in [0.3, 0.4) is 0 Å². The number of benzene rings is 1. The monoisotopic (exact) mass is 299 g/mol. The van der Waals surface area contributed by atoms with E-state index in [2.05, 4.69) is 34.7 Å². The van der Waals surface area contributed by atoms with Gasteiger partial charge in [0.1, 0.15) is 0 Å². The van der Waals surface area contributed by atoms with Gasteiger partial charge in [-0.2, -0.15) is 5.10 Å². The first kappa shape index (κ1) is 15.3. The number of nitrogens with one attached hydrogen (secondary N) is 1. The molecule has 2 aromatic rings. The van der Waals surface area contributed by atoms with Crippen molar-refractivity contribution in [3.05, 3.63) is 52.8 Å². The lowest BCUT2D eigenvalue weighted by Crippen LogP contribution is -2.16. The van der Waals surface area contributed by atoms with E-state index in [1.165, 1.54) is 16.7 Å². The second kappa shape index (κ2) is 7.07. The van der Waals surface area contributed by atoms with Gasteiger partial charge in [-0.15, -0.1) is 0 Å². The van der Waals surface area contributed by atoms with E-state index < -0.39 is 0 Å². The molecule has 0 amide bonds. The molecule has 1 N–H and O–H groups in total. The van der Waals surface area contributed by atoms with Crippen LogP contribution >= 0.6 is 0 Å². The van der Waals surface area contributed by atoms with Crippen LogP contribution in [-0.4, -0.2) is 30.0 Å². The van der Waals surface area contributed by atoms with Crippen LogP contribution in [0.1, 0.15) is 34.9 Å². The summed E-state index contributed by atoms with van der Waals surface area (Å²) < 4.78 is 7.59. The van der Waals surface area contributed by atoms with E-state index in [0.29, 0.717) is 0 Å². The second-order valence-corrected chi connectivity index (χ2v) is 6.02. The summed E-state index contributed by atoms with van der Waals surface area (Å²) in [6, 6.07) is 8.94. The Morgan fingerprint density at radius 2 is 2.05 bits per heavy atom. The molecule has 4 nitrogen and oxygen atoms in total. The fraction of sp³-hybridized carbons (Fsp3) is 0.500. The van der Waals surface area contributed by atoms with E-state index >= 15 is 0 Å². The maximum Gasteiger partial charge on any atom is 0.0825 e. The zero-order chi connectivity index (χ0) is 15.4. The van der Waals surface area contributed by atoms with Gasteiger partial charge in [0.15, 0.2) is 0 Å². The molecule has 1 aliphatic heterocycles. The first-order valence-corrected chi connectivity index (χ1v) is 8.10. The average molecular weight is 299 g/mol. The van der Waals surface area contributed by atoms with Crippen LogP contribution in [0.15, 0.2) is 30.5 Å². The van der Waals surface area contributed by atoms with Crippen molar-refractivity contribution < 1.29 is 4.74 Å². The molecule has 1 unspecified atom stereocenters. The predicted molar refractivity (Wildman–Crippen MR) is 88.0 cm³/mol. The number of methoxy groups -OCH3 is 1. The third kappa shape index (κ3) is 3.57. The van der Waals surface area contributed by atoms with Gasteiger partial charge in [-0.05, 0) is 61.5 Å². The maximum atomic E-state index is 5.74. The SMILES string of the molecule is COC(CCc1ccn(C)n1)c1ccc2c(c1)CCNCC2. The zero-order valence-electron chi connectivity index (χ0n) is 13.5. The molecule has 0 spiro atoms. The van der Waals surface area contributed by atoms with Crippen LogP contribution in [0.2, 0.25) is 0 Å². The molecule has 1 aliphatic rings. The number of aryl methyl sites for hydroxylation is 2. The van der Waals surface area contributed by atoms with Crippen LogP contribution in [0, 0.1) is 0 Å². The minimum atomic E-state index is 0.142. The Balaban J connectivity index is 1.71. The Morgan fingerprint density at radius 3 is 2.77 bits per heavy atom. The van der Waals surface area contributed by atoms with E-state index in [1.807, 2.05) is 17.9 Å². The van der Waals surface area contributed by atoms with E-state index in [4.69, 9.17) is 4.74 Å². The van der Waals surface area contributed by atoms with Crippen molar-refractivity contribution in [1.29, 1.82) is 0 Å². The molecule has 22 heavy (non-hydrogen) atoms. The number of ether oxygens (including phenoxy) is 1. The molecule has 118 valence electrons. The minimum absolute atomic E-state index is 0.142. The van der Waals surface area contributed by atoms with Crippen molar-refractivity contribution >= 4 is 0 Å². The quantitative estimate of drug-likeness (QED) is 0.921. The van der Waals surface area contributed by atoms with E-state index in [-0.39, 0.29) is 6.10 Å². The van der Waals surface area contributed by atoms with Gasteiger partial charge in [-0.1, -0.05) is 18.2 Å². The third-order valence-electron chi connectivity index (χ3n) is 4.46. The Morgan fingerprint density at radius 1 is 1.23 bits per heavy atom. The van der Waals surface area contributed by atoms with Crippen molar-refractivity contribution in [1.82, 2.24) is 15.1 Å². The molecule has 1 aromatic heterocycles. The number of hydrogen-bond donors (Lipinski definition) is 1. The molecular weight excluding hydrogens is 274 g/mol. The van der Waals surface area contributed by atoms with Crippen molar-refractivity contribution in [2.24, 2.45) is 7.05 Å². The van der Waals surface area contributed by atoms with Gasteiger partial charge in [-0.25, -0.2) is 0 Å². The van der Waals surface area contributed by atoms with Crippen LogP contribution in [0.25, 0.3) is 0 Å². The fourth-order valence-corrected chi connectivity index (χ4v) is 3.19. The van der Waals surface area contributed by atoms with Gasteiger partial charge in [0.2, 0.25) is 0 Å². The highest BCUT2D eigenvalue weighted by Crippen LogP contribution is 2.25. The van der Waals surface area contributed by atoms with Gasteiger partial charge in [0.05, 0.1) is 11.8 Å². The zero-order valence-corrected chi connectivity index (χ0v) is 13.5. The Labute approximate surface area is 132 Å². The summed E-state index contributed by atoms with van der Waals surface area (Å²) in [5.74, 6) is 0. The lowest BCUT2D eigenvalue weighted by Gasteiger charge is -2.17. The summed E-state index contributed by atoms with van der Waals surface area (Å²) in [5.41, 5.74) is 5.37. The highest BCUT2D eigenvalue weighted by atomic mass is 16.5. The molecular formula is C18H25N3O. The number of nitrogens with zero attached hydrogens (tertiary/aromatic N) is 2. The fourth-order valence-electron chi connectivity index (χ4n) is 3.19. The molecule has 2 heterocycles. The van der Waals surface area contributed by atoms with Crippen LogP contribution in [-0.2, 0) is 31.0 Å². The minimum Gasteiger partial charge on any atom is -0.377 e. The molecule has 1 aromatic carbocycles. The molecule has 3 rings (SSSR count). The Bertz CT molecular complexity index is 621. The second-order valence-electron chi connectivity index (χ2n) is 6.02. The van der Waals surface area contributed by atoms with Gasteiger partial charge in [0, 0.05) is 20.4 Å². The van der Waals surface area contributed by atoms with Gasteiger partial charge < -0.3 is 10.1 Å². The Kier molecular flexibility index (Phi) is 4.90. The normalized spacial score (nSPS) is 16.1. The third-order valence-corrected chi connectivity index (χ3v) is 4.46. The van der Waals surface area contributed by atoms with Gasteiger partial charge in [-0.3, -0.25) is 4.68 Å². The number of rotatable bonds is 5. The first-order chi connectivity index (χ1) is 10.8. The summed E-state index contributed by atoms with van der Waals surface area (Å²) in [4.78, 5) is 0. The summed E-state index contributed by atoms with van der Waals surface area (Å²) in [6.45, 7) is 2.15. The van der Waals surface area contributed by atoms with Gasteiger partial charge >= 0.3 is 0 Å². The molecule has 0 bridgehead atoms. The summed E-state index contributed by atoms with van der Waals surface area (Å²) in [6.07, 6.45) is 6.28. The number of hydrogen-bond acceptors (Lipinski definition) is 3. The van der Waals surface area contributed by atoms with Crippen molar-refractivity contribution in [3.8, 4) is 0 Å². The standard InChI is InChI=1S/C18H25N3O/c1-21-12-9-17(20-21)5-6-18(22-2)16-4-3-14-7-10-19-11-8-15(14)13-16/h3-4,9,12-13,18-19H,5-8,10-11H2,1-2H3. The molecule has 0 saturated heterocycles. The molecule has 4 heteroatoms. The van der Waals surface area contributed by atoms with Crippen LogP contribution in [0.4, 0.5) is 0 Å². The summed E-state index contributed by atoms with van der Waals surface area (Å²) in [7, 11) is 3.76.